The maximum absolute atomic E-state index is 4.72. The van der Waals surface area contributed by atoms with Gasteiger partial charge in [0.05, 0.1) is 0 Å². The molecule has 30 heavy (non-hydrogen) atoms. The van der Waals surface area contributed by atoms with Crippen molar-refractivity contribution < 1.29 is 0 Å². The number of hydrogen-bond acceptors (Lipinski definition) is 8. The Labute approximate surface area is 180 Å². The van der Waals surface area contributed by atoms with Crippen molar-refractivity contribution in [3.05, 3.63) is 52.8 Å². The van der Waals surface area contributed by atoms with Gasteiger partial charge >= 0.3 is 0 Å². The van der Waals surface area contributed by atoms with Gasteiger partial charge in [-0.2, -0.15) is 15.0 Å². The fourth-order valence-electron chi connectivity index (χ4n) is 3.39. The van der Waals surface area contributed by atoms with Gasteiger partial charge in [-0.15, -0.1) is 11.3 Å². The molecule has 0 radical (unpaired) electrons. The predicted octanol–water partition coefficient (Wildman–Crippen LogP) is 3.87. The lowest BCUT2D eigenvalue weighted by Gasteiger charge is -2.32. The maximum atomic E-state index is 4.72. The zero-order chi connectivity index (χ0) is 20.3. The van der Waals surface area contributed by atoms with Gasteiger partial charge in [-0.1, -0.05) is 36.4 Å². The average molecular weight is 420 g/mol. The van der Waals surface area contributed by atoms with E-state index in [0.717, 1.165) is 36.9 Å². The topological polar surface area (TPSA) is 70.1 Å². The maximum Gasteiger partial charge on any atom is 0.234 e. The van der Waals surface area contributed by atoms with Gasteiger partial charge in [-0.05, 0) is 37.4 Å². The predicted molar refractivity (Wildman–Crippen MR) is 122 cm³/mol. The van der Waals surface area contributed by atoms with E-state index in [1.54, 1.807) is 11.3 Å². The van der Waals surface area contributed by atoms with E-state index in [4.69, 9.17) is 9.97 Å². The Morgan fingerprint density at radius 1 is 1.00 bits per heavy atom. The fourth-order valence-corrected chi connectivity index (χ4v) is 4.37. The van der Waals surface area contributed by atoms with Crippen LogP contribution < -0.4 is 10.2 Å². The average Bonchev–Trinajstić information content (AvgIpc) is 3.52. The highest BCUT2D eigenvalue weighted by Gasteiger charge is 2.26. The first-order valence-corrected chi connectivity index (χ1v) is 11.2. The first-order chi connectivity index (χ1) is 14.7. The molecule has 1 aromatic carbocycles. The van der Waals surface area contributed by atoms with Crippen molar-refractivity contribution in [1.29, 1.82) is 0 Å². The molecule has 1 aliphatic heterocycles. The van der Waals surface area contributed by atoms with Crippen LogP contribution in [0.2, 0.25) is 0 Å². The molecule has 1 aliphatic carbocycles. The zero-order valence-corrected chi connectivity index (χ0v) is 17.8. The minimum absolute atomic E-state index is 0.545. The molecule has 3 heterocycles. The molecule has 3 aromatic rings. The van der Waals surface area contributed by atoms with Gasteiger partial charge in [-0.3, -0.25) is 5.32 Å². The summed E-state index contributed by atoms with van der Waals surface area (Å²) < 4.78 is 0. The fraction of sp³-hybridized carbons (Fsp3) is 0.364. The van der Waals surface area contributed by atoms with Crippen LogP contribution >= 0.6 is 11.3 Å². The molecular formula is C22H25N7S. The van der Waals surface area contributed by atoms with Crippen molar-refractivity contribution in [3.8, 4) is 0 Å². The van der Waals surface area contributed by atoms with E-state index in [1.807, 2.05) is 36.5 Å². The number of rotatable bonds is 6. The van der Waals surface area contributed by atoms with Gasteiger partial charge in [0, 0.05) is 37.3 Å². The summed E-state index contributed by atoms with van der Waals surface area (Å²) in [6.07, 6.45) is 8.49. The number of hydrogen-bond donors (Lipinski definition) is 1. The number of aromatic nitrogens is 4. The van der Waals surface area contributed by atoms with Crippen LogP contribution in [0.1, 0.15) is 35.0 Å². The van der Waals surface area contributed by atoms with Crippen LogP contribution in [0.25, 0.3) is 12.2 Å². The number of piperazine rings is 1. The molecule has 0 spiro atoms. The van der Waals surface area contributed by atoms with Crippen LogP contribution in [0.15, 0.2) is 36.5 Å². The van der Waals surface area contributed by atoms with Crippen LogP contribution in [-0.4, -0.2) is 58.1 Å². The van der Waals surface area contributed by atoms with Crippen LogP contribution in [-0.2, 0) is 0 Å². The highest BCUT2D eigenvalue weighted by atomic mass is 32.1. The number of thiazole rings is 1. The molecule has 0 unspecified atom stereocenters. The molecule has 2 fully saturated rings. The van der Waals surface area contributed by atoms with Crippen molar-refractivity contribution in [1.82, 2.24) is 24.8 Å². The van der Waals surface area contributed by atoms with Crippen LogP contribution in [0.4, 0.5) is 17.0 Å². The molecular weight excluding hydrogens is 394 g/mol. The molecule has 0 bridgehead atoms. The van der Waals surface area contributed by atoms with Crippen molar-refractivity contribution >= 4 is 40.5 Å². The molecule has 2 aromatic heterocycles. The van der Waals surface area contributed by atoms with Gasteiger partial charge in [0.15, 0.2) is 11.0 Å². The summed E-state index contributed by atoms with van der Waals surface area (Å²) in [6.45, 7) is 3.82. The van der Waals surface area contributed by atoms with Crippen molar-refractivity contribution in [2.45, 2.75) is 18.8 Å². The molecule has 0 amide bonds. The Kier molecular flexibility index (Phi) is 5.42. The van der Waals surface area contributed by atoms with E-state index < -0.39 is 0 Å². The third kappa shape index (κ3) is 4.66. The SMILES string of the molecule is CN1CCN(c2nc(/C=C/c3ccccc3)nc(Nc3ncc(C4CC4)s3)n2)CC1. The van der Waals surface area contributed by atoms with Crippen LogP contribution in [0, 0.1) is 0 Å². The Morgan fingerprint density at radius 3 is 2.57 bits per heavy atom. The van der Waals surface area contributed by atoms with E-state index in [1.165, 1.54) is 17.7 Å². The molecule has 2 aliphatic rings. The summed E-state index contributed by atoms with van der Waals surface area (Å²) in [4.78, 5) is 24.5. The van der Waals surface area contributed by atoms with Crippen LogP contribution in [0.3, 0.4) is 0 Å². The third-order valence-corrected chi connectivity index (χ3v) is 6.45. The van der Waals surface area contributed by atoms with E-state index in [9.17, 15) is 0 Å². The lowest BCUT2D eigenvalue weighted by Crippen LogP contribution is -2.45. The number of benzene rings is 1. The van der Waals surface area contributed by atoms with E-state index in [-0.39, 0.29) is 0 Å². The first-order valence-electron chi connectivity index (χ1n) is 10.4. The number of likely N-dealkylation sites (N-methyl/N-ethyl adjacent to an activating group) is 1. The second-order valence-electron chi connectivity index (χ2n) is 7.82. The summed E-state index contributed by atoms with van der Waals surface area (Å²) in [6, 6.07) is 10.2. The first kappa shape index (κ1) is 19.1. The Morgan fingerprint density at radius 2 is 1.80 bits per heavy atom. The third-order valence-electron chi connectivity index (χ3n) is 5.37. The molecule has 5 rings (SSSR count). The Bertz CT molecular complexity index is 1020. The zero-order valence-electron chi connectivity index (χ0n) is 17.0. The van der Waals surface area contributed by atoms with Gasteiger partial charge < -0.3 is 9.80 Å². The monoisotopic (exact) mass is 419 g/mol. The minimum Gasteiger partial charge on any atom is -0.338 e. The molecule has 1 N–H and O–H groups in total. The van der Waals surface area contributed by atoms with Gasteiger partial charge in [-0.25, -0.2) is 4.98 Å². The molecule has 154 valence electrons. The van der Waals surface area contributed by atoms with Crippen molar-refractivity contribution in [2.24, 2.45) is 0 Å². The second-order valence-corrected chi connectivity index (χ2v) is 8.88. The second kappa shape index (κ2) is 8.49. The van der Waals surface area contributed by atoms with Gasteiger partial charge in [0.25, 0.3) is 0 Å². The van der Waals surface area contributed by atoms with E-state index >= 15 is 0 Å². The van der Waals surface area contributed by atoms with Crippen LogP contribution in [0.5, 0.6) is 0 Å². The van der Waals surface area contributed by atoms with Crippen molar-refractivity contribution in [2.75, 3.05) is 43.4 Å². The Balaban J connectivity index is 1.42. The lowest BCUT2D eigenvalue weighted by molar-refractivity contribution is 0.311. The lowest BCUT2D eigenvalue weighted by atomic mass is 10.2. The summed E-state index contributed by atoms with van der Waals surface area (Å²) in [5.41, 5.74) is 1.11. The highest BCUT2D eigenvalue weighted by Crippen LogP contribution is 2.43. The number of nitrogens with zero attached hydrogens (tertiary/aromatic N) is 6. The summed E-state index contributed by atoms with van der Waals surface area (Å²) in [5.74, 6) is 2.60. The molecule has 7 nitrogen and oxygen atoms in total. The Hall–Kier alpha value is -2.84. The normalized spacial score (nSPS) is 17.6. The van der Waals surface area contributed by atoms with E-state index in [2.05, 4.69) is 44.3 Å². The number of nitrogens with one attached hydrogen (secondary N) is 1. The quantitative estimate of drug-likeness (QED) is 0.650. The summed E-state index contributed by atoms with van der Waals surface area (Å²) in [7, 11) is 2.14. The molecule has 0 atom stereocenters. The van der Waals surface area contributed by atoms with Gasteiger partial charge in [0.1, 0.15) is 0 Å². The summed E-state index contributed by atoms with van der Waals surface area (Å²) in [5, 5.41) is 4.15. The van der Waals surface area contributed by atoms with E-state index in [0.29, 0.717) is 23.6 Å². The minimum atomic E-state index is 0.545. The van der Waals surface area contributed by atoms with Gasteiger partial charge in [0.2, 0.25) is 11.9 Å². The smallest absolute Gasteiger partial charge is 0.234 e. The molecule has 1 saturated carbocycles. The highest BCUT2D eigenvalue weighted by molar-refractivity contribution is 7.15. The summed E-state index contributed by atoms with van der Waals surface area (Å²) >= 11 is 1.70. The largest absolute Gasteiger partial charge is 0.338 e. The molecule has 8 heteroatoms. The standard InChI is InChI=1S/C22H25N7S/c1-28-11-13-29(14-12-28)21-25-19(10-7-16-5-3-2-4-6-16)24-20(26-21)27-22-23-15-18(30-22)17-8-9-17/h2-7,10,15,17H,8-9,11-14H2,1H3,(H,23,24,25,26,27)/b10-7+. The number of anilines is 3. The molecule has 1 saturated heterocycles. The van der Waals surface area contributed by atoms with Crippen molar-refractivity contribution in [3.63, 3.8) is 0 Å².